The average Bonchev–Trinajstić information content (AvgIpc) is 2.90. The van der Waals surface area contributed by atoms with Crippen molar-refractivity contribution in [1.29, 1.82) is 0 Å². The van der Waals surface area contributed by atoms with Gasteiger partial charge in [0.2, 0.25) is 0 Å². The molecule has 2 heterocycles. The maximum absolute atomic E-state index is 13.5. The number of aromatic nitrogens is 3. The topological polar surface area (TPSA) is 56.5 Å². The van der Waals surface area contributed by atoms with Gasteiger partial charge < -0.3 is 4.74 Å². The molecule has 0 radical (unpaired) electrons. The van der Waals surface area contributed by atoms with E-state index in [1.165, 1.54) is 0 Å². The molecule has 25 heavy (non-hydrogen) atoms. The van der Waals surface area contributed by atoms with Gasteiger partial charge in [0.05, 0.1) is 17.3 Å². The van der Waals surface area contributed by atoms with Crippen LogP contribution < -0.4 is 0 Å². The number of rotatable bonds is 2. The van der Waals surface area contributed by atoms with Gasteiger partial charge in [-0.05, 0) is 34.1 Å². The fourth-order valence-electron chi connectivity index (χ4n) is 2.19. The van der Waals surface area contributed by atoms with Gasteiger partial charge in [-0.15, -0.1) is 0 Å². The molecule has 3 rings (SSSR count). The summed E-state index contributed by atoms with van der Waals surface area (Å²) < 4.78 is 46.4. The third-order valence-electron chi connectivity index (χ3n) is 3.34. The summed E-state index contributed by atoms with van der Waals surface area (Å²) in [5.74, 6) is -0.865. The summed E-state index contributed by atoms with van der Waals surface area (Å²) in [6, 6.07) is 7.54. The van der Waals surface area contributed by atoms with E-state index < -0.39 is 17.8 Å². The Balaban J connectivity index is 2.33. The molecule has 0 unspecified atom stereocenters. The van der Waals surface area contributed by atoms with Crippen LogP contribution in [0.5, 0.6) is 0 Å². The third kappa shape index (κ3) is 3.28. The van der Waals surface area contributed by atoms with Gasteiger partial charge in [0.25, 0.3) is 0 Å². The van der Waals surface area contributed by atoms with E-state index in [4.69, 9.17) is 0 Å². The fourth-order valence-corrected chi connectivity index (χ4v) is 2.95. The Labute approximate surface area is 156 Å². The SMILES string of the molecule is COC(=O)c1nn2c(C(F)(F)F)cc(-c3ccc(Br)cc3)nc2c1Br. The van der Waals surface area contributed by atoms with Gasteiger partial charge in [0, 0.05) is 10.0 Å². The highest BCUT2D eigenvalue weighted by atomic mass is 79.9. The van der Waals surface area contributed by atoms with Crippen LogP contribution in [0.2, 0.25) is 0 Å². The quantitative estimate of drug-likeness (QED) is 0.500. The molecule has 0 aliphatic heterocycles. The van der Waals surface area contributed by atoms with Crippen molar-refractivity contribution in [2.75, 3.05) is 7.11 Å². The second-order valence-corrected chi connectivity index (χ2v) is 6.63. The Bertz CT molecular complexity index is 969. The first-order valence-electron chi connectivity index (χ1n) is 6.73. The number of methoxy groups -OCH3 is 1. The molecule has 0 fully saturated rings. The average molecular weight is 479 g/mol. The minimum absolute atomic E-state index is 0.0313. The lowest BCUT2D eigenvalue weighted by molar-refractivity contribution is -0.142. The van der Waals surface area contributed by atoms with Gasteiger partial charge in [-0.3, -0.25) is 0 Å². The monoisotopic (exact) mass is 477 g/mol. The summed E-state index contributed by atoms with van der Waals surface area (Å²) in [6.07, 6.45) is -4.69. The zero-order valence-electron chi connectivity index (χ0n) is 12.4. The van der Waals surface area contributed by atoms with Gasteiger partial charge in [-0.2, -0.15) is 18.3 Å². The van der Waals surface area contributed by atoms with Crippen molar-refractivity contribution in [2.24, 2.45) is 0 Å². The first kappa shape index (κ1) is 17.9. The van der Waals surface area contributed by atoms with Crippen molar-refractivity contribution in [1.82, 2.24) is 14.6 Å². The Hall–Kier alpha value is -1.94. The molecule has 3 aromatic rings. The van der Waals surface area contributed by atoms with Gasteiger partial charge >= 0.3 is 12.1 Å². The van der Waals surface area contributed by atoms with Crippen LogP contribution in [0, 0.1) is 0 Å². The number of carbonyl (C=O) groups is 1. The summed E-state index contributed by atoms with van der Waals surface area (Å²) >= 11 is 6.36. The molecular weight excluding hydrogens is 471 g/mol. The minimum atomic E-state index is -4.69. The smallest absolute Gasteiger partial charge is 0.433 e. The van der Waals surface area contributed by atoms with Crippen LogP contribution in [-0.4, -0.2) is 27.7 Å². The van der Waals surface area contributed by atoms with E-state index in [9.17, 15) is 18.0 Å². The lowest BCUT2D eigenvalue weighted by atomic mass is 10.1. The number of halogens is 5. The van der Waals surface area contributed by atoms with E-state index in [1.807, 2.05) is 0 Å². The lowest BCUT2D eigenvalue weighted by Gasteiger charge is -2.11. The summed E-state index contributed by atoms with van der Waals surface area (Å²) in [7, 11) is 1.12. The molecule has 0 saturated carbocycles. The molecule has 0 N–H and O–H groups in total. The maximum atomic E-state index is 13.5. The van der Waals surface area contributed by atoms with Crippen molar-refractivity contribution >= 4 is 43.5 Å². The van der Waals surface area contributed by atoms with E-state index in [2.05, 4.69) is 46.7 Å². The molecule has 5 nitrogen and oxygen atoms in total. The van der Waals surface area contributed by atoms with Crippen LogP contribution in [-0.2, 0) is 10.9 Å². The van der Waals surface area contributed by atoms with E-state index in [1.54, 1.807) is 24.3 Å². The maximum Gasteiger partial charge on any atom is 0.433 e. The molecule has 0 saturated heterocycles. The molecule has 1 aromatic carbocycles. The minimum Gasteiger partial charge on any atom is -0.464 e. The van der Waals surface area contributed by atoms with Crippen molar-refractivity contribution in [3.8, 4) is 11.3 Å². The van der Waals surface area contributed by atoms with Crippen LogP contribution in [0.25, 0.3) is 16.9 Å². The molecule has 130 valence electrons. The van der Waals surface area contributed by atoms with E-state index in [0.717, 1.165) is 17.6 Å². The van der Waals surface area contributed by atoms with Gasteiger partial charge in [0.1, 0.15) is 0 Å². The van der Waals surface area contributed by atoms with Crippen molar-refractivity contribution < 1.29 is 22.7 Å². The number of hydrogen-bond donors (Lipinski definition) is 0. The van der Waals surface area contributed by atoms with Crippen LogP contribution >= 0.6 is 31.9 Å². The third-order valence-corrected chi connectivity index (χ3v) is 4.60. The molecule has 0 aliphatic carbocycles. The number of fused-ring (bicyclic) bond motifs is 1. The molecule has 0 bridgehead atoms. The van der Waals surface area contributed by atoms with E-state index >= 15 is 0 Å². The Morgan fingerprint density at radius 3 is 2.40 bits per heavy atom. The largest absolute Gasteiger partial charge is 0.464 e. The summed E-state index contributed by atoms with van der Waals surface area (Å²) in [5, 5.41) is 3.70. The number of hydrogen-bond acceptors (Lipinski definition) is 4. The molecule has 0 amide bonds. The second-order valence-electron chi connectivity index (χ2n) is 4.92. The predicted molar refractivity (Wildman–Crippen MR) is 90.2 cm³/mol. The first-order valence-corrected chi connectivity index (χ1v) is 8.31. The number of ether oxygens (including phenoxy) is 1. The highest BCUT2D eigenvalue weighted by molar-refractivity contribution is 9.11. The van der Waals surface area contributed by atoms with Gasteiger partial charge in [-0.1, -0.05) is 28.1 Å². The highest BCUT2D eigenvalue weighted by Crippen LogP contribution is 2.35. The number of benzene rings is 1. The first-order chi connectivity index (χ1) is 11.7. The van der Waals surface area contributed by atoms with Crippen LogP contribution in [0.1, 0.15) is 16.2 Å². The summed E-state index contributed by atoms with van der Waals surface area (Å²) in [4.78, 5) is 15.9. The number of alkyl halides is 3. The van der Waals surface area contributed by atoms with Gasteiger partial charge in [0.15, 0.2) is 17.0 Å². The van der Waals surface area contributed by atoms with E-state index in [0.29, 0.717) is 10.1 Å². The number of esters is 1. The number of nitrogens with zero attached hydrogens (tertiary/aromatic N) is 3. The summed E-state index contributed by atoms with van der Waals surface area (Å²) in [6.45, 7) is 0. The fraction of sp³-hybridized carbons (Fsp3) is 0.133. The van der Waals surface area contributed by atoms with Crippen LogP contribution in [0.4, 0.5) is 13.2 Å². The van der Waals surface area contributed by atoms with Gasteiger partial charge in [-0.25, -0.2) is 14.3 Å². The van der Waals surface area contributed by atoms with E-state index in [-0.39, 0.29) is 21.5 Å². The van der Waals surface area contributed by atoms with Crippen molar-refractivity contribution in [3.63, 3.8) is 0 Å². The molecule has 0 spiro atoms. The van der Waals surface area contributed by atoms with Crippen LogP contribution in [0.3, 0.4) is 0 Å². The Kier molecular flexibility index (Phi) is 4.58. The zero-order valence-corrected chi connectivity index (χ0v) is 15.6. The van der Waals surface area contributed by atoms with Crippen molar-refractivity contribution in [2.45, 2.75) is 6.18 Å². The second kappa shape index (κ2) is 6.41. The molecular formula is C15H8Br2F3N3O2. The van der Waals surface area contributed by atoms with Crippen LogP contribution in [0.15, 0.2) is 39.3 Å². The normalized spacial score (nSPS) is 11.8. The summed E-state index contributed by atoms with van der Waals surface area (Å²) in [5.41, 5.74) is -0.874. The molecule has 2 aromatic heterocycles. The highest BCUT2D eigenvalue weighted by Gasteiger charge is 2.36. The predicted octanol–water partition coefficient (Wildman–Crippen LogP) is 4.73. The standard InChI is InChI=1S/C15H8Br2F3N3O2/c1-25-14(24)12-11(17)13-21-9(7-2-4-8(16)5-3-7)6-10(15(18,19)20)23(13)22-12/h2-6H,1H3. The number of carbonyl (C=O) groups excluding carboxylic acids is 1. The van der Waals surface area contributed by atoms with Crippen molar-refractivity contribution in [3.05, 3.63) is 50.7 Å². The molecule has 10 heteroatoms. The molecule has 0 aliphatic rings. The zero-order chi connectivity index (χ0) is 18.4. The molecule has 0 atom stereocenters. The lowest BCUT2D eigenvalue weighted by Crippen LogP contribution is -2.14. The Morgan fingerprint density at radius 1 is 1.20 bits per heavy atom. The Morgan fingerprint density at radius 2 is 1.84 bits per heavy atom.